The summed E-state index contributed by atoms with van der Waals surface area (Å²) in [5, 5.41) is 9.59. The fraction of sp³-hybridized carbons (Fsp3) is 0.429. The molecule has 1 unspecified atom stereocenters. The van der Waals surface area contributed by atoms with Crippen molar-refractivity contribution in [2.75, 3.05) is 32.8 Å². The van der Waals surface area contributed by atoms with Crippen molar-refractivity contribution in [1.82, 2.24) is 29.8 Å². The topological polar surface area (TPSA) is 93.9 Å². The third-order valence-electron chi connectivity index (χ3n) is 6.92. The maximum atomic E-state index is 13.3. The van der Waals surface area contributed by atoms with E-state index in [4.69, 9.17) is 19.4 Å². The number of thiophene rings is 1. The Balaban J connectivity index is 1.46. The average Bonchev–Trinajstić information content (AvgIpc) is 3.73. The molecule has 0 spiro atoms. The van der Waals surface area contributed by atoms with Crippen LogP contribution in [0.25, 0.3) is 27.5 Å². The van der Waals surface area contributed by atoms with Crippen molar-refractivity contribution in [2.24, 2.45) is 0 Å². The standard InChI is InChI=1S/C28H34N6O3S/c1-4-33(5-2)19(3)16-29-28(35)20-14-24(31-26(15-20)37-18-21-8-6-12-36-21)22-17-30-34-11-10-23(32-27(22)34)25-9-7-13-38-25/h7,9-11,13-15,17,19,21H,4-6,8,12,16,18H2,1-3H3,(H,29,35)/t19?,21-/m1/s1. The van der Waals surface area contributed by atoms with Gasteiger partial charge in [-0.25, -0.2) is 14.5 Å². The first-order chi connectivity index (χ1) is 18.6. The number of fused-ring (bicyclic) bond motifs is 1. The minimum absolute atomic E-state index is 0.0413. The smallest absolute Gasteiger partial charge is 0.251 e. The predicted molar refractivity (Wildman–Crippen MR) is 149 cm³/mol. The largest absolute Gasteiger partial charge is 0.475 e. The highest BCUT2D eigenvalue weighted by Crippen LogP contribution is 2.29. The number of nitrogens with one attached hydrogen (secondary N) is 1. The second-order valence-electron chi connectivity index (χ2n) is 9.42. The van der Waals surface area contributed by atoms with E-state index < -0.39 is 0 Å². The Labute approximate surface area is 226 Å². The summed E-state index contributed by atoms with van der Waals surface area (Å²) in [6, 6.07) is 9.70. The molecule has 2 atom stereocenters. The van der Waals surface area contributed by atoms with Crippen LogP contribution in [0.2, 0.25) is 0 Å². The van der Waals surface area contributed by atoms with Gasteiger partial charge in [0.1, 0.15) is 6.61 Å². The van der Waals surface area contributed by atoms with Crippen molar-refractivity contribution in [3.8, 4) is 27.7 Å². The van der Waals surface area contributed by atoms with Crippen molar-refractivity contribution in [2.45, 2.75) is 45.8 Å². The van der Waals surface area contributed by atoms with E-state index in [1.54, 1.807) is 34.2 Å². The third-order valence-corrected chi connectivity index (χ3v) is 7.81. The monoisotopic (exact) mass is 534 g/mol. The van der Waals surface area contributed by atoms with Crippen LogP contribution in [0.15, 0.2) is 48.1 Å². The van der Waals surface area contributed by atoms with Crippen LogP contribution in [0.5, 0.6) is 5.88 Å². The summed E-state index contributed by atoms with van der Waals surface area (Å²) < 4.78 is 13.5. The molecule has 38 heavy (non-hydrogen) atoms. The van der Waals surface area contributed by atoms with Gasteiger partial charge in [0, 0.05) is 37.0 Å². The molecule has 200 valence electrons. The second kappa shape index (κ2) is 12.0. The van der Waals surface area contributed by atoms with Gasteiger partial charge in [0.15, 0.2) is 5.65 Å². The van der Waals surface area contributed by atoms with Crippen LogP contribution in [-0.2, 0) is 4.74 Å². The molecule has 0 aromatic carbocycles. The zero-order valence-corrected chi connectivity index (χ0v) is 22.9. The van der Waals surface area contributed by atoms with Crippen LogP contribution in [0.1, 0.15) is 44.0 Å². The molecule has 0 aliphatic carbocycles. The van der Waals surface area contributed by atoms with E-state index in [2.05, 4.69) is 36.1 Å². The molecule has 1 aliphatic rings. The Morgan fingerprint density at radius 1 is 1.26 bits per heavy atom. The molecule has 5 rings (SSSR count). The molecule has 0 saturated carbocycles. The molecule has 1 aliphatic heterocycles. The number of ether oxygens (including phenoxy) is 2. The van der Waals surface area contributed by atoms with E-state index in [1.165, 1.54) is 0 Å². The number of hydrogen-bond donors (Lipinski definition) is 1. The first-order valence-electron chi connectivity index (χ1n) is 13.2. The van der Waals surface area contributed by atoms with Gasteiger partial charge in [0.25, 0.3) is 5.91 Å². The molecule has 4 aromatic heterocycles. The summed E-state index contributed by atoms with van der Waals surface area (Å²) in [6.07, 6.45) is 5.65. The van der Waals surface area contributed by atoms with Gasteiger partial charge in [0.2, 0.25) is 5.88 Å². The Bertz CT molecular complexity index is 1360. The van der Waals surface area contributed by atoms with Crippen LogP contribution in [0, 0.1) is 0 Å². The minimum Gasteiger partial charge on any atom is -0.475 e. The lowest BCUT2D eigenvalue weighted by Crippen LogP contribution is -2.42. The molecule has 9 nitrogen and oxygen atoms in total. The first-order valence-corrected chi connectivity index (χ1v) is 14.1. The molecule has 1 amide bonds. The van der Waals surface area contributed by atoms with Crippen molar-refractivity contribution in [1.29, 1.82) is 0 Å². The SMILES string of the molecule is CCN(CC)C(C)CNC(=O)c1cc(OC[C@H]2CCCO2)nc(-c2cnn3ccc(-c4cccs4)nc23)c1. The number of nitrogens with zero attached hydrogens (tertiary/aromatic N) is 5. The summed E-state index contributed by atoms with van der Waals surface area (Å²) in [6.45, 7) is 9.94. The van der Waals surface area contributed by atoms with Crippen LogP contribution in [-0.4, -0.2) is 75.4 Å². The van der Waals surface area contributed by atoms with E-state index in [9.17, 15) is 4.79 Å². The van der Waals surface area contributed by atoms with Gasteiger partial charge in [-0.3, -0.25) is 9.69 Å². The van der Waals surface area contributed by atoms with E-state index in [0.717, 1.165) is 48.7 Å². The molecule has 10 heteroatoms. The van der Waals surface area contributed by atoms with E-state index in [-0.39, 0.29) is 18.1 Å². The molecular weight excluding hydrogens is 500 g/mol. The molecule has 0 radical (unpaired) electrons. The van der Waals surface area contributed by atoms with Gasteiger partial charge in [-0.15, -0.1) is 11.3 Å². The van der Waals surface area contributed by atoms with Crippen LogP contribution < -0.4 is 10.1 Å². The molecule has 1 saturated heterocycles. The Morgan fingerprint density at radius 2 is 2.13 bits per heavy atom. The Hall–Kier alpha value is -3.34. The number of hydrogen-bond acceptors (Lipinski definition) is 8. The molecule has 4 aromatic rings. The molecule has 1 N–H and O–H groups in total. The zero-order chi connectivity index (χ0) is 26.5. The highest BCUT2D eigenvalue weighted by molar-refractivity contribution is 7.13. The van der Waals surface area contributed by atoms with Gasteiger partial charge in [-0.05, 0) is 56.4 Å². The molecule has 0 bridgehead atoms. The minimum atomic E-state index is -0.168. The average molecular weight is 535 g/mol. The molecule has 1 fully saturated rings. The maximum Gasteiger partial charge on any atom is 0.251 e. The highest BCUT2D eigenvalue weighted by atomic mass is 32.1. The maximum absolute atomic E-state index is 13.3. The van der Waals surface area contributed by atoms with Crippen LogP contribution >= 0.6 is 11.3 Å². The van der Waals surface area contributed by atoms with Gasteiger partial charge < -0.3 is 14.8 Å². The fourth-order valence-corrected chi connectivity index (χ4v) is 5.43. The summed E-state index contributed by atoms with van der Waals surface area (Å²) in [5.41, 5.74) is 3.33. The van der Waals surface area contributed by atoms with E-state index in [1.807, 2.05) is 29.8 Å². The summed E-state index contributed by atoms with van der Waals surface area (Å²) in [4.78, 5) is 26.3. The summed E-state index contributed by atoms with van der Waals surface area (Å²) in [5.74, 6) is 0.215. The number of pyridine rings is 1. The van der Waals surface area contributed by atoms with Crippen molar-refractivity contribution in [3.05, 3.63) is 53.7 Å². The Kier molecular flexibility index (Phi) is 8.31. The highest BCUT2D eigenvalue weighted by Gasteiger charge is 2.20. The van der Waals surface area contributed by atoms with Crippen LogP contribution in [0.4, 0.5) is 0 Å². The van der Waals surface area contributed by atoms with Gasteiger partial charge in [0.05, 0.1) is 34.1 Å². The predicted octanol–water partition coefficient (Wildman–Crippen LogP) is 4.54. The summed E-state index contributed by atoms with van der Waals surface area (Å²) in [7, 11) is 0. The Morgan fingerprint density at radius 3 is 2.87 bits per heavy atom. The van der Waals surface area contributed by atoms with Crippen molar-refractivity contribution < 1.29 is 14.3 Å². The number of carbonyl (C=O) groups is 1. The van der Waals surface area contributed by atoms with E-state index >= 15 is 0 Å². The number of rotatable bonds is 11. The summed E-state index contributed by atoms with van der Waals surface area (Å²) >= 11 is 1.63. The van der Waals surface area contributed by atoms with E-state index in [0.29, 0.717) is 35.9 Å². The second-order valence-corrected chi connectivity index (χ2v) is 10.4. The van der Waals surface area contributed by atoms with Gasteiger partial charge in [-0.2, -0.15) is 5.10 Å². The lowest BCUT2D eigenvalue weighted by molar-refractivity contribution is 0.0663. The number of amides is 1. The first kappa shape index (κ1) is 26.3. The molecule has 5 heterocycles. The van der Waals surface area contributed by atoms with Crippen molar-refractivity contribution in [3.63, 3.8) is 0 Å². The number of carbonyl (C=O) groups excluding carboxylic acids is 1. The normalized spacial score (nSPS) is 16.3. The number of likely N-dealkylation sites (N-methyl/N-ethyl adjacent to an activating group) is 1. The quantitative estimate of drug-likeness (QED) is 0.302. The lowest BCUT2D eigenvalue weighted by Gasteiger charge is -2.26. The zero-order valence-electron chi connectivity index (χ0n) is 22.1. The fourth-order valence-electron chi connectivity index (χ4n) is 4.73. The van der Waals surface area contributed by atoms with Crippen molar-refractivity contribution >= 4 is 22.9 Å². The van der Waals surface area contributed by atoms with Crippen LogP contribution in [0.3, 0.4) is 0 Å². The number of aromatic nitrogens is 4. The third kappa shape index (κ3) is 5.87. The lowest BCUT2D eigenvalue weighted by atomic mass is 10.1. The van der Waals surface area contributed by atoms with Gasteiger partial charge >= 0.3 is 0 Å². The van der Waals surface area contributed by atoms with Gasteiger partial charge in [-0.1, -0.05) is 19.9 Å². The molecular formula is C28H34N6O3S.